The molecule has 14 heteroatoms. The lowest BCUT2D eigenvalue weighted by atomic mass is 10.0. The summed E-state index contributed by atoms with van der Waals surface area (Å²) in [6.45, 7) is 14.4. The van der Waals surface area contributed by atoms with Crippen molar-refractivity contribution in [2.45, 2.75) is 79.1 Å². The van der Waals surface area contributed by atoms with E-state index in [2.05, 4.69) is 52.2 Å². The Morgan fingerprint density at radius 3 is 1.61 bits per heavy atom. The fourth-order valence-corrected chi connectivity index (χ4v) is 8.11. The number of carbonyl (C=O) groups is 1. The van der Waals surface area contributed by atoms with Crippen LogP contribution >= 0.6 is 23.2 Å². The molecule has 314 valence electrons. The van der Waals surface area contributed by atoms with Gasteiger partial charge in [-0.1, -0.05) is 82.0 Å². The number of hydrogen-bond acceptors (Lipinski definition) is 9. The summed E-state index contributed by atoms with van der Waals surface area (Å²) in [6.07, 6.45) is 5.90. The van der Waals surface area contributed by atoms with Crippen molar-refractivity contribution in [2.75, 3.05) is 0 Å². The molecule has 0 amide bonds. The molecule has 0 bridgehead atoms. The van der Waals surface area contributed by atoms with Crippen molar-refractivity contribution in [2.24, 2.45) is 0 Å². The van der Waals surface area contributed by atoms with Gasteiger partial charge in [0.1, 0.15) is 11.2 Å². The first-order valence-electron chi connectivity index (χ1n) is 20.4. The average molecular weight is 868 g/mol. The maximum atomic E-state index is 13.5. The van der Waals surface area contributed by atoms with Crippen LogP contribution < -0.4 is 0 Å². The van der Waals surface area contributed by atoms with Crippen LogP contribution in [0.4, 0.5) is 0 Å². The van der Waals surface area contributed by atoms with Gasteiger partial charge in [0, 0.05) is 75.0 Å². The number of halogens is 2. The second-order valence-electron chi connectivity index (χ2n) is 17.0. The summed E-state index contributed by atoms with van der Waals surface area (Å²) < 4.78 is 23.3. The number of fused-ring (bicyclic) bond motifs is 2. The number of aromatic nitrogens is 8. The predicted octanol–water partition coefficient (Wildman–Crippen LogP) is 12.3. The highest BCUT2D eigenvalue weighted by molar-refractivity contribution is 6.36. The Hall–Kier alpha value is -6.50. The molecule has 4 aromatic carbocycles. The topological polar surface area (TPSA) is 132 Å². The van der Waals surface area contributed by atoms with Crippen molar-refractivity contribution in [1.82, 2.24) is 39.2 Å². The van der Waals surface area contributed by atoms with Crippen molar-refractivity contribution in [1.29, 1.82) is 0 Å². The summed E-state index contributed by atoms with van der Waals surface area (Å²) in [5.41, 5.74) is 7.62. The molecule has 0 N–H and O–H groups in total. The van der Waals surface area contributed by atoms with Crippen molar-refractivity contribution in [3.8, 4) is 45.7 Å². The normalized spacial score (nSPS) is 12.1. The Kier molecular flexibility index (Phi) is 10.6. The van der Waals surface area contributed by atoms with E-state index in [-0.39, 0.29) is 12.1 Å². The van der Waals surface area contributed by atoms with Crippen LogP contribution in [0.2, 0.25) is 10.0 Å². The second-order valence-corrected chi connectivity index (χ2v) is 17.8. The maximum absolute atomic E-state index is 13.5. The molecule has 0 saturated carbocycles. The molecule has 12 nitrogen and oxygen atoms in total. The van der Waals surface area contributed by atoms with Crippen LogP contribution in [0.5, 0.6) is 0 Å². The predicted molar refractivity (Wildman–Crippen MR) is 241 cm³/mol. The largest absolute Gasteiger partial charge is 0.456 e. The summed E-state index contributed by atoms with van der Waals surface area (Å²) in [4.78, 5) is 22.9. The number of hydrogen-bond donors (Lipinski definition) is 0. The van der Waals surface area contributed by atoms with Crippen molar-refractivity contribution < 1.29 is 18.6 Å². The van der Waals surface area contributed by atoms with Gasteiger partial charge < -0.3 is 22.9 Å². The SMILES string of the molecule is CC(C)n1cc(Cl)c2cc(-c3nc(-c4ccc(Cc5c(C(=O)OC(C)(C)C)cnn5Cc5ccc(-c6noc(-c7ccc8c(c7)c(Cl)cn8C(C)C)n6)cc5)cc4)no3)ccc21. The van der Waals surface area contributed by atoms with E-state index >= 15 is 0 Å². The highest BCUT2D eigenvalue weighted by Gasteiger charge is 2.25. The smallest absolute Gasteiger partial charge is 0.342 e. The van der Waals surface area contributed by atoms with Gasteiger partial charge >= 0.3 is 5.97 Å². The van der Waals surface area contributed by atoms with Gasteiger partial charge in [-0.2, -0.15) is 15.1 Å². The Bertz CT molecular complexity index is 3090. The van der Waals surface area contributed by atoms with E-state index in [1.54, 1.807) is 6.20 Å². The molecule has 0 aliphatic carbocycles. The van der Waals surface area contributed by atoms with E-state index in [4.69, 9.17) is 47.0 Å². The minimum atomic E-state index is -0.677. The van der Waals surface area contributed by atoms with Gasteiger partial charge in [0.05, 0.1) is 28.5 Å². The molecule has 0 aliphatic rings. The van der Waals surface area contributed by atoms with Crippen LogP contribution in [0, 0.1) is 0 Å². The van der Waals surface area contributed by atoms with Crippen LogP contribution in [-0.4, -0.2) is 50.8 Å². The lowest BCUT2D eigenvalue weighted by molar-refractivity contribution is 0.00682. The molecule has 0 radical (unpaired) electrons. The molecule has 0 atom stereocenters. The standard InChI is InChI=1S/C48H44Cl2N8O4/c1-27(2)56-25-38(49)35-21-33(16-18-40(35)56)45-52-43(54-61-45)31-12-8-29(9-13-31)20-42-37(47(59)60-48(5,6)7)23-51-58(42)24-30-10-14-32(15-11-30)44-53-46(62-55-44)34-17-19-41-36(22-34)39(50)26-57(41)28(3)4/h8-19,21-23,25-28H,20,24H2,1-7H3. The number of carbonyl (C=O) groups excluding carboxylic acids is 1. The molecule has 0 saturated heterocycles. The van der Waals surface area contributed by atoms with Gasteiger partial charge in [-0.05, 0) is 96.0 Å². The molecule has 9 aromatic rings. The minimum absolute atomic E-state index is 0.272. The van der Waals surface area contributed by atoms with Gasteiger partial charge in [-0.15, -0.1) is 0 Å². The Morgan fingerprint density at radius 2 is 1.15 bits per heavy atom. The second kappa shape index (κ2) is 16.1. The molecular weight excluding hydrogens is 823 g/mol. The molecule has 0 fully saturated rings. The molecule has 0 unspecified atom stereocenters. The van der Waals surface area contributed by atoms with E-state index in [9.17, 15) is 4.79 Å². The van der Waals surface area contributed by atoms with Crippen LogP contribution in [0.25, 0.3) is 67.5 Å². The van der Waals surface area contributed by atoms with Gasteiger partial charge in [-0.25, -0.2) is 4.79 Å². The van der Waals surface area contributed by atoms with E-state index in [0.29, 0.717) is 52.0 Å². The lowest BCUT2D eigenvalue weighted by Gasteiger charge is -2.19. The highest BCUT2D eigenvalue weighted by Crippen LogP contribution is 2.35. The summed E-state index contributed by atoms with van der Waals surface area (Å²) in [6, 6.07) is 28.2. The van der Waals surface area contributed by atoms with E-state index < -0.39 is 11.6 Å². The maximum Gasteiger partial charge on any atom is 0.342 e. The monoisotopic (exact) mass is 866 g/mol. The van der Waals surface area contributed by atoms with Crippen LogP contribution in [0.3, 0.4) is 0 Å². The van der Waals surface area contributed by atoms with Crippen LogP contribution in [0.15, 0.2) is 113 Å². The summed E-state index contributed by atoms with van der Waals surface area (Å²) in [5, 5.41) is 16.4. The first-order valence-corrected chi connectivity index (χ1v) is 21.2. The van der Waals surface area contributed by atoms with E-state index in [1.807, 2.05) is 123 Å². The zero-order valence-corrected chi connectivity index (χ0v) is 36.9. The van der Waals surface area contributed by atoms with Crippen molar-refractivity contribution >= 4 is 51.0 Å². The minimum Gasteiger partial charge on any atom is -0.456 e. The van der Waals surface area contributed by atoms with Gasteiger partial charge in [0.25, 0.3) is 11.8 Å². The number of ether oxygens (including phenoxy) is 1. The molecule has 9 rings (SSSR count). The van der Waals surface area contributed by atoms with Gasteiger partial charge in [-0.3, -0.25) is 4.68 Å². The first-order chi connectivity index (χ1) is 29.7. The molecule has 5 aromatic heterocycles. The van der Waals surface area contributed by atoms with Gasteiger partial charge in [0.15, 0.2) is 0 Å². The summed E-state index contributed by atoms with van der Waals surface area (Å²) in [5.74, 6) is 1.30. The van der Waals surface area contributed by atoms with E-state index in [1.165, 1.54) is 0 Å². The third-order valence-corrected chi connectivity index (χ3v) is 11.3. The average Bonchev–Trinajstić information content (AvgIpc) is 4.09. The first kappa shape index (κ1) is 40.9. The molecular formula is C48H44Cl2N8O4. The van der Waals surface area contributed by atoms with Crippen molar-refractivity contribution in [3.05, 3.63) is 136 Å². The summed E-state index contributed by atoms with van der Waals surface area (Å²) >= 11 is 13.2. The Morgan fingerprint density at radius 1 is 0.677 bits per heavy atom. The number of benzene rings is 4. The molecule has 0 spiro atoms. The number of rotatable bonds is 11. The number of esters is 1. The van der Waals surface area contributed by atoms with E-state index in [0.717, 1.165) is 60.9 Å². The Balaban J connectivity index is 0.930. The third-order valence-electron chi connectivity index (χ3n) is 10.7. The van der Waals surface area contributed by atoms with Crippen molar-refractivity contribution in [3.63, 3.8) is 0 Å². The zero-order valence-electron chi connectivity index (χ0n) is 35.4. The van der Waals surface area contributed by atoms with Gasteiger partial charge in [0.2, 0.25) is 11.6 Å². The molecule has 5 heterocycles. The molecule has 62 heavy (non-hydrogen) atoms. The summed E-state index contributed by atoms with van der Waals surface area (Å²) in [7, 11) is 0. The lowest BCUT2D eigenvalue weighted by Crippen LogP contribution is -2.24. The van der Waals surface area contributed by atoms with Crippen LogP contribution in [0.1, 0.15) is 87.7 Å². The number of nitrogens with zero attached hydrogens (tertiary/aromatic N) is 8. The quantitative estimate of drug-likeness (QED) is 0.117. The highest BCUT2D eigenvalue weighted by atomic mass is 35.5. The fourth-order valence-electron chi connectivity index (χ4n) is 7.60. The third kappa shape index (κ3) is 8.03. The van der Waals surface area contributed by atoms with Crippen LogP contribution in [-0.2, 0) is 17.7 Å². The molecule has 0 aliphatic heterocycles. The fraction of sp³-hybridized carbons (Fsp3) is 0.250. The zero-order chi connectivity index (χ0) is 43.4. The Labute approximate surface area is 368 Å².